The van der Waals surface area contributed by atoms with Crippen molar-refractivity contribution in [3.05, 3.63) is 120 Å². The molecule has 0 bridgehead atoms. The van der Waals surface area contributed by atoms with Gasteiger partial charge in [-0.25, -0.2) is 0 Å². The molecule has 0 spiro atoms. The molecular weight excluding hydrogens is 456 g/mol. The van der Waals surface area contributed by atoms with E-state index in [4.69, 9.17) is 18.9 Å². The van der Waals surface area contributed by atoms with E-state index in [1.54, 1.807) is 6.08 Å². The van der Waals surface area contributed by atoms with Crippen LogP contribution in [0.4, 0.5) is 0 Å². The summed E-state index contributed by atoms with van der Waals surface area (Å²) in [4.78, 5) is 0. The highest BCUT2D eigenvalue weighted by Crippen LogP contribution is 2.32. The second kappa shape index (κ2) is 13.5. The van der Waals surface area contributed by atoms with Crippen LogP contribution in [0.1, 0.15) is 16.7 Å². The molecule has 1 aliphatic rings. The average Bonchev–Trinajstić information content (AvgIpc) is 2.93. The van der Waals surface area contributed by atoms with Crippen LogP contribution in [-0.2, 0) is 38.8 Å². The Labute approximate surface area is 212 Å². The lowest BCUT2D eigenvalue weighted by atomic mass is 9.84. The third kappa shape index (κ3) is 6.89. The highest BCUT2D eigenvalue weighted by Gasteiger charge is 2.52. The molecule has 6 atom stereocenters. The van der Waals surface area contributed by atoms with Gasteiger partial charge >= 0.3 is 0 Å². The first-order valence-electron chi connectivity index (χ1n) is 12.2. The topological polar surface area (TPSA) is 77.4 Å². The smallest absolute Gasteiger partial charge is 0.116 e. The predicted octanol–water partition coefficient (Wildman–Crippen LogP) is 4.05. The van der Waals surface area contributed by atoms with Gasteiger partial charge in [0.2, 0.25) is 0 Å². The summed E-state index contributed by atoms with van der Waals surface area (Å²) < 4.78 is 24.8. The van der Waals surface area contributed by atoms with Crippen molar-refractivity contribution in [1.82, 2.24) is 0 Å². The molecule has 1 fully saturated rings. The lowest BCUT2D eigenvalue weighted by Gasteiger charge is -2.47. The summed E-state index contributed by atoms with van der Waals surface area (Å²) in [5.74, 6) is 0. The molecule has 0 unspecified atom stereocenters. The van der Waals surface area contributed by atoms with E-state index in [-0.39, 0.29) is 13.2 Å². The number of hydrogen-bond donors (Lipinski definition) is 2. The van der Waals surface area contributed by atoms with Gasteiger partial charge < -0.3 is 29.2 Å². The largest absolute Gasteiger partial charge is 0.387 e. The highest BCUT2D eigenvalue weighted by atomic mass is 16.6. The molecule has 0 radical (unpaired) electrons. The molecule has 190 valence electrons. The third-order valence-corrected chi connectivity index (χ3v) is 6.26. The standard InChI is InChI=1S/C30H34O6/c1-2-18-33-27-25(31)26(32)28(34-19-22-12-6-3-7-13-22)30(36-21-24-16-10-5-11-17-24)29(27)35-20-23-14-8-4-9-15-23/h2-17,25-32H,1,18-21H2/t25-,26+,27-,28+,29+,30+/m1/s1. The molecule has 0 aliphatic heterocycles. The summed E-state index contributed by atoms with van der Waals surface area (Å²) >= 11 is 0. The Bertz CT molecular complexity index is 1030. The quantitative estimate of drug-likeness (QED) is 0.373. The number of benzene rings is 3. The van der Waals surface area contributed by atoms with E-state index in [9.17, 15) is 10.2 Å². The maximum atomic E-state index is 11.1. The van der Waals surface area contributed by atoms with Gasteiger partial charge in [-0.05, 0) is 16.7 Å². The van der Waals surface area contributed by atoms with Gasteiger partial charge in [0.15, 0.2) is 0 Å². The number of hydrogen-bond acceptors (Lipinski definition) is 6. The zero-order valence-electron chi connectivity index (χ0n) is 20.3. The van der Waals surface area contributed by atoms with Crippen LogP contribution in [0.3, 0.4) is 0 Å². The van der Waals surface area contributed by atoms with Gasteiger partial charge in [-0.2, -0.15) is 0 Å². The van der Waals surface area contributed by atoms with Gasteiger partial charge in [0.25, 0.3) is 0 Å². The Kier molecular flexibility index (Phi) is 9.81. The van der Waals surface area contributed by atoms with E-state index in [2.05, 4.69) is 6.58 Å². The van der Waals surface area contributed by atoms with Crippen LogP contribution in [0.15, 0.2) is 104 Å². The number of aliphatic hydroxyl groups is 2. The summed E-state index contributed by atoms with van der Waals surface area (Å²) in [6.07, 6.45) is -3.94. The molecule has 6 heteroatoms. The Morgan fingerprint density at radius 1 is 0.528 bits per heavy atom. The molecule has 0 heterocycles. The fourth-order valence-electron chi connectivity index (χ4n) is 4.40. The fourth-order valence-corrected chi connectivity index (χ4v) is 4.40. The zero-order valence-corrected chi connectivity index (χ0v) is 20.3. The first-order valence-corrected chi connectivity index (χ1v) is 12.2. The van der Waals surface area contributed by atoms with Crippen molar-refractivity contribution in [3.8, 4) is 0 Å². The van der Waals surface area contributed by atoms with Crippen molar-refractivity contribution in [3.63, 3.8) is 0 Å². The lowest BCUT2D eigenvalue weighted by Crippen LogP contribution is -2.66. The van der Waals surface area contributed by atoms with Crippen molar-refractivity contribution < 1.29 is 29.2 Å². The van der Waals surface area contributed by atoms with E-state index in [0.29, 0.717) is 13.2 Å². The molecule has 2 N–H and O–H groups in total. The van der Waals surface area contributed by atoms with Gasteiger partial charge in [-0.3, -0.25) is 0 Å². The van der Waals surface area contributed by atoms with E-state index in [1.807, 2.05) is 91.0 Å². The first-order chi connectivity index (χ1) is 17.7. The summed E-state index contributed by atoms with van der Waals surface area (Å²) in [6.45, 7) is 4.75. The molecule has 3 aromatic carbocycles. The number of ether oxygens (including phenoxy) is 4. The molecular formula is C30H34O6. The average molecular weight is 491 g/mol. The fraction of sp³-hybridized carbons (Fsp3) is 0.333. The van der Waals surface area contributed by atoms with Gasteiger partial charge in [-0.15, -0.1) is 6.58 Å². The molecule has 1 saturated carbocycles. The van der Waals surface area contributed by atoms with Crippen molar-refractivity contribution in [2.24, 2.45) is 0 Å². The van der Waals surface area contributed by atoms with E-state index >= 15 is 0 Å². The lowest BCUT2D eigenvalue weighted by molar-refractivity contribution is -0.270. The predicted molar refractivity (Wildman–Crippen MR) is 137 cm³/mol. The molecule has 0 saturated heterocycles. The van der Waals surface area contributed by atoms with Gasteiger partial charge in [0.05, 0.1) is 26.4 Å². The molecule has 3 aromatic rings. The molecule has 1 aliphatic carbocycles. The Morgan fingerprint density at radius 2 is 0.861 bits per heavy atom. The highest BCUT2D eigenvalue weighted by molar-refractivity contribution is 5.16. The molecule has 36 heavy (non-hydrogen) atoms. The Hall–Kier alpha value is -2.84. The monoisotopic (exact) mass is 490 g/mol. The maximum absolute atomic E-state index is 11.1. The van der Waals surface area contributed by atoms with Crippen LogP contribution < -0.4 is 0 Å². The summed E-state index contributed by atoms with van der Waals surface area (Å²) in [7, 11) is 0. The van der Waals surface area contributed by atoms with Crippen molar-refractivity contribution in [1.29, 1.82) is 0 Å². The summed E-state index contributed by atoms with van der Waals surface area (Å²) in [5.41, 5.74) is 2.90. The molecule has 0 aromatic heterocycles. The summed E-state index contributed by atoms with van der Waals surface area (Å²) in [6, 6.07) is 29.2. The Balaban J connectivity index is 1.60. The van der Waals surface area contributed by atoms with E-state index < -0.39 is 36.6 Å². The SMILES string of the molecule is C=CCO[C@@H]1[C@H](O)[C@H](O)[C@H](OCc2ccccc2)[C@H](OCc2ccccc2)[C@H]1OCc1ccccc1. The van der Waals surface area contributed by atoms with Crippen molar-refractivity contribution in [2.45, 2.75) is 56.4 Å². The van der Waals surface area contributed by atoms with Gasteiger partial charge in [0.1, 0.15) is 36.6 Å². The van der Waals surface area contributed by atoms with E-state index in [1.165, 1.54) is 0 Å². The van der Waals surface area contributed by atoms with Gasteiger partial charge in [-0.1, -0.05) is 97.1 Å². The first kappa shape index (κ1) is 26.2. The van der Waals surface area contributed by atoms with Crippen molar-refractivity contribution >= 4 is 0 Å². The number of aliphatic hydroxyl groups excluding tert-OH is 2. The number of rotatable bonds is 12. The Morgan fingerprint density at radius 3 is 1.22 bits per heavy atom. The van der Waals surface area contributed by atoms with Crippen LogP contribution >= 0.6 is 0 Å². The molecule has 0 amide bonds. The normalized spacial score (nSPS) is 25.9. The molecule has 6 nitrogen and oxygen atoms in total. The minimum Gasteiger partial charge on any atom is -0.387 e. The summed E-state index contributed by atoms with van der Waals surface area (Å²) in [5, 5.41) is 22.2. The van der Waals surface area contributed by atoms with Crippen LogP contribution in [0.2, 0.25) is 0 Å². The van der Waals surface area contributed by atoms with Crippen LogP contribution in [0.25, 0.3) is 0 Å². The second-order valence-corrected chi connectivity index (χ2v) is 8.85. The zero-order chi connectivity index (χ0) is 25.2. The third-order valence-electron chi connectivity index (χ3n) is 6.26. The second-order valence-electron chi connectivity index (χ2n) is 8.85. The van der Waals surface area contributed by atoms with Crippen LogP contribution in [0, 0.1) is 0 Å². The molecule has 4 rings (SSSR count). The van der Waals surface area contributed by atoms with E-state index in [0.717, 1.165) is 16.7 Å². The van der Waals surface area contributed by atoms with Crippen molar-refractivity contribution in [2.75, 3.05) is 6.61 Å². The van der Waals surface area contributed by atoms with Crippen LogP contribution in [-0.4, -0.2) is 53.4 Å². The minimum absolute atomic E-state index is 0.195. The van der Waals surface area contributed by atoms with Crippen LogP contribution in [0.5, 0.6) is 0 Å². The maximum Gasteiger partial charge on any atom is 0.116 e. The minimum atomic E-state index is -1.24. The van der Waals surface area contributed by atoms with Gasteiger partial charge in [0, 0.05) is 0 Å².